The van der Waals surface area contributed by atoms with E-state index in [0.717, 1.165) is 12.8 Å². The van der Waals surface area contributed by atoms with E-state index in [1.807, 2.05) is 25.1 Å². The van der Waals surface area contributed by atoms with Gasteiger partial charge in [-0.1, -0.05) is 42.5 Å². The summed E-state index contributed by atoms with van der Waals surface area (Å²) in [7, 11) is 0. The van der Waals surface area contributed by atoms with Crippen LogP contribution in [0.15, 0.2) is 48.7 Å². The monoisotopic (exact) mass is 286 g/mol. The number of carbonyl (C=O) groups is 1. The third kappa shape index (κ3) is 4.03. The minimum atomic E-state index is -0.118. The van der Waals surface area contributed by atoms with E-state index in [0.29, 0.717) is 10.2 Å². The van der Waals surface area contributed by atoms with Gasteiger partial charge in [0.2, 0.25) is 0 Å². The molecule has 0 aliphatic rings. The predicted molar refractivity (Wildman–Crippen MR) is 83.3 cm³/mol. The Kier molecular flexibility index (Phi) is 5.07. The SMILES string of the molecule is C[C@H](CCc1ccccc1)NC(=O)c1ccc[nH]c1=S. The average Bonchev–Trinajstić information content (AvgIpc) is 2.46. The molecule has 0 aliphatic heterocycles. The zero-order valence-corrected chi connectivity index (χ0v) is 12.2. The minimum Gasteiger partial charge on any atom is -0.352 e. The summed E-state index contributed by atoms with van der Waals surface area (Å²) in [5.74, 6) is -0.118. The normalized spacial score (nSPS) is 11.8. The summed E-state index contributed by atoms with van der Waals surface area (Å²) in [6.45, 7) is 2.01. The summed E-state index contributed by atoms with van der Waals surface area (Å²) in [5.41, 5.74) is 1.81. The fourth-order valence-corrected chi connectivity index (χ4v) is 2.23. The first-order chi connectivity index (χ1) is 9.66. The fourth-order valence-electron chi connectivity index (χ4n) is 2.00. The van der Waals surface area contributed by atoms with Crippen molar-refractivity contribution in [1.82, 2.24) is 10.3 Å². The zero-order valence-electron chi connectivity index (χ0n) is 11.4. The van der Waals surface area contributed by atoms with Crippen LogP contribution in [0.2, 0.25) is 0 Å². The summed E-state index contributed by atoms with van der Waals surface area (Å²) in [5, 5.41) is 2.98. The van der Waals surface area contributed by atoms with Gasteiger partial charge < -0.3 is 10.3 Å². The Bertz CT molecular complexity index is 622. The van der Waals surface area contributed by atoms with Gasteiger partial charge in [-0.25, -0.2) is 0 Å². The molecular weight excluding hydrogens is 268 g/mol. The van der Waals surface area contributed by atoms with Crippen LogP contribution < -0.4 is 5.32 Å². The van der Waals surface area contributed by atoms with E-state index in [1.165, 1.54) is 5.56 Å². The molecule has 0 bridgehead atoms. The maximum absolute atomic E-state index is 12.1. The molecule has 20 heavy (non-hydrogen) atoms. The van der Waals surface area contributed by atoms with Crippen molar-refractivity contribution in [3.63, 3.8) is 0 Å². The summed E-state index contributed by atoms with van der Waals surface area (Å²) in [6.07, 6.45) is 3.57. The molecule has 0 saturated carbocycles. The molecular formula is C16H18N2OS. The van der Waals surface area contributed by atoms with Crippen LogP contribution in [0.4, 0.5) is 0 Å². The summed E-state index contributed by atoms with van der Waals surface area (Å²) in [6, 6.07) is 13.9. The zero-order chi connectivity index (χ0) is 14.4. The molecule has 1 aromatic carbocycles. The van der Waals surface area contributed by atoms with E-state index in [-0.39, 0.29) is 11.9 Å². The standard InChI is InChI=1S/C16H18N2OS/c1-12(9-10-13-6-3-2-4-7-13)18-15(19)14-8-5-11-17-16(14)20/h2-8,11-12H,9-10H2,1H3,(H,17,20)(H,18,19)/t12-/m1/s1. The average molecular weight is 286 g/mol. The molecule has 1 aromatic heterocycles. The molecule has 1 atom stereocenters. The number of H-pyrrole nitrogens is 1. The third-order valence-electron chi connectivity index (χ3n) is 3.15. The van der Waals surface area contributed by atoms with Crippen molar-refractivity contribution < 1.29 is 4.79 Å². The van der Waals surface area contributed by atoms with Crippen molar-refractivity contribution in [1.29, 1.82) is 0 Å². The van der Waals surface area contributed by atoms with Gasteiger partial charge in [0.05, 0.1) is 5.56 Å². The summed E-state index contributed by atoms with van der Waals surface area (Å²) < 4.78 is 0.472. The second-order valence-electron chi connectivity index (χ2n) is 4.81. The highest BCUT2D eigenvalue weighted by atomic mass is 32.1. The number of hydrogen-bond donors (Lipinski definition) is 2. The third-order valence-corrected chi connectivity index (χ3v) is 3.49. The van der Waals surface area contributed by atoms with Crippen molar-refractivity contribution in [2.24, 2.45) is 0 Å². The molecule has 2 N–H and O–H groups in total. The lowest BCUT2D eigenvalue weighted by atomic mass is 10.1. The molecule has 4 heteroatoms. The molecule has 0 spiro atoms. The lowest BCUT2D eigenvalue weighted by Gasteiger charge is -2.13. The first kappa shape index (κ1) is 14.5. The van der Waals surface area contributed by atoms with Gasteiger partial charge in [0.1, 0.15) is 4.64 Å². The molecule has 0 aliphatic carbocycles. The van der Waals surface area contributed by atoms with Crippen molar-refractivity contribution >= 4 is 18.1 Å². The van der Waals surface area contributed by atoms with Gasteiger partial charge in [0.25, 0.3) is 5.91 Å². The fraction of sp³-hybridized carbons (Fsp3) is 0.250. The number of aryl methyl sites for hydroxylation is 1. The maximum Gasteiger partial charge on any atom is 0.254 e. The van der Waals surface area contributed by atoms with Crippen molar-refractivity contribution in [3.8, 4) is 0 Å². The van der Waals surface area contributed by atoms with Crippen LogP contribution in [0.1, 0.15) is 29.3 Å². The Hall–Kier alpha value is -1.94. The Labute approximate surface area is 124 Å². The second-order valence-corrected chi connectivity index (χ2v) is 5.22. The van der Waals surface area contributed by atoms with E-state index in [4.69, 9.17) is 12.2 Å². The van der Waals surface area contributed by atoms with Crippen LogP contribution in [0.5, 0.6) is 0 Å². The number of nitrogens with one attached hydrogen (secondary N) is 2. The van der Waals surface area contributed by atoms with Crippen molar-refractivity contribution in [2.45, 2.75) is 25.8 Å². The number of amides is 1. The maximum atomic E-state index is 12.1. The quantitative estimate of drug-likeness (QED) is 0.826. The Morgan fingerprint density at radius 3 is 2.70 bits per heavy atom. The summed E-state index contributed by atoms with van der Waals surface area (Å²) in [4.78, 5) is 15.0. The van der Waals surface area contributed by atoms with Gasteiger partial charge in [0, 0.05) is 12.2 Å². The highest BCUT2D eigenvalue weighted by Crippen LogP contribution is 2.06. The highest BCUT2D eigenvalue weighted by Gasteiger charge is 2.11. The van der Waals surface area contributed by atoms with Crippen LogP contribution in [-0.2, 0) is 6.42 Å². The molecule has 3 nitrogen and oxygen atoms in total. The molecule has 2 rings (SSSR count). The molecule has 104 valence electrons. The van der Waals surface area contributed by atoms with Gasteiger partial charge in [-0.2, -0.15) is 0 Å². The number of hydrogen-bond acceptors (Lipinski definition) is 2. The lowest BCUT2D eigenvalue weighted by Crippen LogP contribution is -2.33. The van der Waals surface area contributed by atoms with Crippen LogP contribution in [0.3, 0.4) is 0 Å². The number of aromatic nitrogens is 1. The topological polar surface area (TPSA) is 44.9 Å². The molecule has 2 aromatic rings. The van der Waals surface area contributed by atoms with E-state index in [9.17, 15) is 4.79 Å². The van der Waals surface area contributed by atoms with Gasteiger partial charge in [-0.05, 0) is 37.5 Å². The first-order valence-electron chi connectivity index (χ1n) is 6.69. The number of carbonyl (C=O) groups excluding carboxylic acids is 1. The van der Waals surface area contributed by atoms with Gasteiger partial charge >= 0.3 is 0 Å². The number of pyridine rings is 1. The Balaban J connectivity index is 1.89. The van der Waals surface area contributed by atoms with Crippen molar-refractivity contribution in [2.75, 3.05) is 0 Å². The van der Waals surface area contributed by atoms with E-state index >= 15 is 0 Å². The van der Waals surface area contributed by atoms with Gasteiger partial charge in [-0.15, -0.1) is 0 Å². The molecule has 0 fully saturated rings. The van der Waals surface area contributed by atoms with Crippen molar-refractivity contribution in [3.05, 3.63) is 64.4 Å². The molecule has 0 saturated heterocycles. The number of aromatic amines is 1. The molecule has 1 amide bonds. The van der Waals surface area contributed by atoms with Gasteiger partial charge in [-0.3, -0.25) is 4.79 Å². The van der Waals surface area contributed by atoms with E-state index < -0.39 is 0 Å². The smallest absolute Gasteiger partial charge is 0.254 e. The summed E-state index contributed by atoms with van der Waals surface area (Å²) >= 11 is 5.11. The molecule has 0 radical (unpaired) electrons. The Morgan fingerprint density at radius 1 is 1.25 bits per heavy atom. The largest absolute Gasteiger partial charge is 0.352 e. The van der Waals surface area contributed by atoms with E-state index in [2.05, 4.69) is 22.4 Å². The Morgan fingerprint density at radius 2 is 2.00 bits per heavy atom. The van der Waals surface area contributed by atoms with Crippen LogP contribution in [0.25, 0.3) is 0 Å². The van der Waals surface area contributed by atoms with E-state index in [1.54, 1.807) is 18.3 Å². The lowest BCUT2D eigenvalue weighted by molar-refractivity contribution is 0.0937. The van der Waals surface area contributed by atoms with Crippen LogP contribution >= 0.6 is 12.2 Å². The number of benzene rings is 1. The first-order valence-corrected chi connectivity index (χ1v) is 7.10. The number of rotatable bonds is 5. The van der Waals surface area contributed by atoms with Crippen LogP contribution in [0, 0.1) is 4.64 Å². The molecule has 0 unspecified atom stereocenters. The van der Waals surface area contributed by atoms with Crippen LogP contribution in [-0.4, -0.2) is 16.9 Å². The molecule has 1 heterocycles. The minimum absolute atomic E-state index is 0.109. The van der Waals surface area contributed by atoms with Gasteiger partial charge in [0.15, 0.2) is 0 Å². The second kappa shape index (κ2) is 7.01. The predicted octanol–water partition coefficient (Wildman–Crippen LogP) is 3.50. The highest BCUT2D eigenvalue weighted by molar-refractivity contribution is 7.71.